The molecule has 0 unspecified atom stereocenters. The topological polar surface area (TPSA) is 64.9 Å². The normalized spacial score (nSPS) is 26.3. The maximum atomic E-state index is 6.38. The molecule has 0 aromatic carbocycles. The van der Waals surface area contributed by atoms with Crippen LogP contribution < -0.4 is 5.73 Å². The molecule has 4 heteroatoms. The summed E-state index contributed by atoms with van der Waals surface area (Å²) in [6, 6.07) is 0. The average molecular weight is 249 g/mol. The van der Waals surface area contributed by atoms with Crippen LogP contribution in [0.25, 0.3) is 0 Å². The third kappa shape index (κ3) is 1.96. The van der Waals surface area contributed by atoms with Crippen molar-refractivity contribution in [3.63, 3.8) is 0 Å². The van der Waals surface area contributed by atoms with Crippen LogP contribution in [0.5, 0.6) is 0 Å². The van der Waals surface area contributed by atoms with Crippen LogP contribution in [-0.4, -0.2) is 10.1 Å². The van der Waals surface area contributed by atoms with Gasteiger partial charge in [-0.15, -0.1) is 0 Å². The van der Waals surface area contributed by atoms with Gasteiger partial charge in [0.15, 0.2) is 5.82 Å². The first-order valence-electron chi connectivity index (χ1n) is 7.26. The molecule has 1 aromatic rings. The van der Waals surface area contributed by atoms with Gasteiger partial charge in [0, 0.05) is 5.41 Å². The van der Waals surface area contributed by atoms with Crippen LogP contribution in [0.1, 0.15) is 76.4 Å². The Labute approximate surface area is 108 Å². The second kappa shape index (κ2) is 4.34. The predicted octanol–water partition coefficient (Wildman–Crippen LogP) is 3.02. The number of hydrogen-bond donors (Lipinski definition) is 1. The summed E-state index contributed by atoms with van der Waals surface area (Å²) in [5.74, 6) is 1.55. The smallest absolute Gasteiger partial charge is 0.232 e. The lowest BCUT2D eigenvalue weighted by molar-refractivity contribution is 0.230. The fourth-order valence-electron chi connectivity index (χ4n) is 3.45. The Hall–Kier alpha value is -0.900. The molecule has 2 saturated carbocycles. The zero-order chi connectivity index (χ0) is 12.6. The molecule has 2 fully saturated rings. The van der Waals surface area contributed by atoms with Gasteiger partial charge in [0.25, 0.3) is 0 Å². The van der Waals surface area contributed by atoms with E-state index in [1.54, 1.807) is 0 Å². The van der Waals surface area contributed by atoms with Crippen LogP contribution in [-0.2, 0) is 11.0 Å². The molecule has 0 atom stereocenters. The number of nitrogens with two attached hydrogens (primary N) is 1. The number of hydrogen-bond acceptors (Lipinski definition) is 4. The van der Waals surface area contributed by atoms with Gasteiger partial charge in [-0.1, -0.05) is 44.2 Å². The van der Waals surface area contributed by atoms with Crippen LogP contribution in [0.2, 0.25) is 0 Å². The number of rotatable bonds is 2. The van der Waals surface area contributed by atoms with Gasteiger partial charge < -0.3 is 10.3 Å². The van der Waals surface area contributed by atoms with Crippen LogP contribution in [0.4, 0.5) is 0 Å². The summed E-state index contributed by atoms with van der Waals surface area (Å²) in [6.07, 6.45) is 10.5. The number of nitrogens with zero attached hydrogens (tertiary/aromatic N) is 2. The highest BCUT2D eigenvalue weighted by molar-refractivity contribution is 5.11. The summed E-state index contributed by atoms with van der Waals surface area (Å²) >= 11 is 0. The van der Waals surface area contributed by atoms with Crippen molar-refractivity contribution in [1.29, 1.82) is 0 Å². The van der Waals surface area contributed by atoms with E-state index in [0.717, 1.165) is 37.4 Å². The lowest BCUT2D eigenvalue weighted by Crippen LogP contribution is -2.34. The molecule has 0 amide bonds. The maximum Gasteiger partial charge on any atom is 0.232 e. The van der Waals surface area contributed by atoms with Gasteiger partial charge in [-0.05, 0) is 25.7 Å². The SMILES string of the molecule is CC1(c2nc(C3(N)CCCC3)no2)CCCCC1. The molecule has 2 N–H and O–H groups in total. The molecule has 1 heterocycles. The average Bonchev–Trinajstić information content (AvgIpc) is 2.99. The van der Waals surface area contributed by atoms with E-state index in [9.17, 15) is 0 Å². The second-order valence-corrected chi connectivity index (χ2v) is 6.41. The fourth-order valence-corrected chi connectivity index (χ4v) is 3.45. The molecular weight excluding hydrogens is 226 g/mol. The molecule has 2 aliphatic carbocycles. The number of aromatic nitrogens is 2. The highest BCUT2D eigenvalue weighted by atomic mass is 16.5. The summed E-state index contributed by atoms with van der Waals surface area (Å²) in [4.78, 5) is 4.66. The van der Waals surface area contributed by atoms with Crippen molar-refractivity contribution in [3.05, 3.63) is 11.7 Å². The molecule has 100 valence electrons. The zero-order valence-corrected chi connectivity index (χ0v) is 11.2. The third-order valence-corrected chi connectivity index (χ3v) is 4.84. The Kier molecular flexibility index (Phi) is 2.93. The van der Waals surface area contributed by atoms with E-state index in [1.807, 2.05) is 0 Å². The molecule has 2 aliphatic rings. The van der Waals surface area contributed by atoms with E-state index in [-0.39, 0.29) is 11.0 Å². The standard InChI is InChI=1S/C14H23N3O/c1-13(7-3-2-4-8-13)12-16-11(17-18-12)14(15)9-5-6-10-14/h2-10,15H2,1H3. The molecule has 18 heavy (non-hydrogen) atoms. The van der Waals surface area contributed by atoms with Gasteiger partial charge in [0.2, 0.25) is 5.89 Å². The van der Waals surface area contributed by atoms with Crippen LogP contribution in [0.3, 0.4) is 0 Å². The van der Waals surface area contributed by atoms with Crippen LogP contribution >= 0.6 is 0 Å². The second-order valence-electron chi connectivity index (χ2n) is 6.41. The molecule has 4 nitrogen and oxygen atoms in total. The van der Waals surface area contributed by atoms with Crippen molar-refractivity contribution >= 4 is 0 Å². The Morgan fingerprint density at radius 2 is 1.61 bits per heavy atom. The lowest BCUT2D eigenvalue weighted by atomic mass is 9.75. The molecular formula is C14H23N3O. The molecule has 0 saturated heterocycles. The molecule has 0 radical (unpaired) electrons. The van der Waals surface area contributed by atoms with Crippen molar-refractivity contribution in [2.24, 2.45) is 5.73 Å². The molecule has 1 aromatic heterocycles. The van der Waals surface area contributed by atoms with Crippen molar-refractivity contribution in [2.45, 2.75) is 75.7 Å². The van der Waals surface area contributed by atoms with Gasteiger partial charge in [-0.2, -0.15) is 4.98 Å². The van der Waals surface area contributed by atoms with Gasteiger partial charge in [-0.3, -0.25) is 0 Å². The van der Waals surface area contributed by atoms with Crippen molar-refractivity contribution in [1.82, 2.24) is 10.1 Å². The lowest BCUT2D eigenvalue weighted by Gasteiger charge is -2.29. The van der Waals surface area contributed by atoms with Crippen molar-refractivity contribution in [2.75, 3.05) is 0 Å². The van der Waals surface area contributed by atoms with Gasteiger partial charge in [0.05, 0.1) is 5.54 Å². The quantitative estimate of drug-likeness (QED) is 0.875. The van der Waals surface area contributed by atoms with E-state index in [4.69, 9.17) is 10.3 Å². The molecule has 0 aliphatic heterocycles. The summed E-state index contributed by atoms with van der Waals surface area (Å²) in [7, 11) is 0. The Bertz CT molecular complexity index is 414. The van der Waals surface area contributed by atoms with Crippen LogP contribution in [0.15, 0.2) is 4.52 Å². The molecule has 3 rings (SSSR count). The van der Waals surface area contributed by atoms with E-state index in [1.165, 1.54) is 32.1 Å². The van der Waals surface area contributed by atoms with Gasteiger partial charge in [0.1, 0.15) is 0 Å². The summed E-state index contributed by atoms with van der Waals surface area (Å²) < 4.78 is 5.54. The third-order valence-electron chi connectivity index (χ3n) is 4.84. The first-order valence-corrected chi connectivity index (χ1v) is 7.26. The van der Waals surface area contributed by atoms with Gasteiger partial charge >= 0.3 is 0 Å². The van der Waals surface area contributed by atoms with E-state index < -0.39 is 0 Å². The van der Waals surface area contributed by atoms with E-state index >= 15 is 0 Å². The van der Waals surface area contributed by atoms with Crippen LogP contribution in [0, 0.1) is 0 Å². The molecule has 0 bridgehead atoms. The highest BCUT2D eigenvalue weighted by Gasteiger charge is 2.39. The van der Waals surface area contributed by atoms with Crippen molar-refractivity contribution in [3.8, 4) is 0 Å². The predicted molar refractivity (Wildman–Crippen MR) is 69.1 cm³/mol. The summed E-state index contributed by atoms with van der Waals surface area (Å²) in [5, 5.41) is 4.18. The monoisotopic (exact) mass is 249 g/mol. The summed E-state index contributed by atoms with van der Waals surface area (Å²) in [5.41, 5.74) is 6.14. The minimum Gasteiger partial charge on any atom is -0.339 e. The minimum atomic E-state index is -0.327. The maximum absolute atomic E-state index is 6.38. The Morgan fingerprint density at radius 3 is 2.28 bits per heavy atom. The van der Waals surface area contributed by atoms with E-state index in [0.29, 0.717) is 0 Å². The van der Waals surface area contributed by atoms with Gasteiger partial charge in [-0.25, -0.2) is 0 Å². The Balaban J connectivity index is 1.84. The van der Waals surface area contributed by atoms with Crippen molar-refractivity contribution < 1.29 is 4.52 Å². The van der Waals surface area contributed by atoms with E-state index in [2.05, 4.69) is 17.1 Å². The largest absolute Gasteiger partial charge is 0.339 e. The first kappa shape index (κ1) is 12.2. The zero-order valence-electron chi connectivity index (χ0n) is 11.2. The Morgan fingerprint density at radius 1 is 1.00 bits per heavy atom. The molecule has 0 spiro atoms. The highest BCUT2D eigenvalue weighted by Crippen LogP contribution is 2.40. The summed E-state index contributed by atoms with van der Waals surface area (Å²) in [6.45, 7) is 2.25. The minimum absolute atomic E-state index is 0.0818. The first-order chi connectivity index (χ1) is 8.62. The fraction of sp³-hybridized carbons (Fsp3) is 0.857.